The van der Waals surface area contributed by atoms with E-state index in [2.05, 4.69) is 12.0 Å². The van der Waals surface area contributed by atoms with Gasteiger partial charge >= 0.3 is 0 Å². The Hall–Kier alpha value is -0.990. The highest BCUT2D eigenvalue weighted by Crippen LogP contribution is 2.11. The average Bonchev–Trinajstić information content (AvgIpc) is 2.32. The van der Waals surface area contributed by atoms with E-state index in [-0.39, 0.29) is 0 Å². The molecule has 0 amide bonds. The molecule has 0 bridgehead atoms. The van der Waals surface area contributed by atoms with Gasteiger partial charge in [-0.05, 0) is 6.42 Å². The minimum absolute atomic E-state index is 0.827. The van der Waals surface area contributed by atoms with E-state index in [0.717, 1.165) is 24.4 Å². The highest BCUT2D eigenvalue weighted by Gasteiger charge is 2.02. The molecule has 0 spiro atoms. The smallest absolute Gasteiger partial charge is 0.211 e. The second-order valence-electron chi connectivity index (χ2n) is 2.55. The lowest BCUT2D eigenvalue weighted by molar-refractivity contribution is 0.373. The Labute approximate surface area is 67.0 Å². The maximum Gasteiger partial charge on any atom is 0.211 e. The predicted molar refractivity (Wildman–Crippen MR) is 43.8 cm³/mol. The van der Waals surface area contributed by atoms with Gasteiger partial charge in [-0.15, -0.1) is 0 Å². The molecule has 0 N–H and O–H groups in total. The van der Waals surface area contributed by atoms with Crippen LogP contribution in [0.2, 0.25) is 0 Å². The van der Waals surface area contributed by atoms with E-state index in [9.17, 15) is 0 Å². The molecular weight excluding hydrogens is 140 g/mol. The number of hydrogen-bond acceptors (Lipinski definition) is 2. The van der Waals surface area contributed by atoms with Gasteiger partial charge in [0.1, 0.15) is 0 Å². The normalized spacial score (nSPS) is 10.1. The fourth-order valence-corrected chi connectivity index (χ4v) is 1.08. The van der Waals surface area contributed by atoms with E-state index in [1.165, 1.54) is 0 Å². The molecule has 1 aromatic rings. The Balaban J connectivity index is 2.77. The zero-order valence-electron chi connectivity index (χ0n) is 7.29. The highest BCUT2D eigenvalue weighted by atomic mass is 16.5. The Bertz CT molecular complexity index is 230. The van der Waals surface area contributed by atoms with E-state index >= 15 is 0 Å². The van der Waals surface area contributed by atoms with Crippen molar-refractivity contribution in [3.05, 3.63) is 11.8 Å². The summed E-state index contributed by atoms with van der Waals surface area (Å²) in [6.45, 7) is 2.14. The van der Waals surface area contributed by atoms with Gasteiger partial charge in [-0.25, -0.2) is 4.68 Å². The summed E-state index contributed by atoms with van der Waals surface area (Å²) in [7, 11) is 3.55. The molecule has 0 aliphatic carbocycles. The third kappa shape index (κ3) is 1.73. The third-order valence-corrected chi connectivity index (χ3v) is 1.60. The molecule has 62 valence electrons. The van der Waals surface area contributed by atoms with Crippen molar-refractivity contribution in [1.29, 1.82) is 0 Å². The molecular formula is C8H14N2O. The summed E-state index contributed by atoms with van der Waals surface area (Å²) in [6.07, 6.45) is 2.15. The largest absolute Gasteiger partial charge is 0.481 e. The summed E-state index contributed by atoms with van der Waals surface area (Å²) in [4.78, 5) is 0. The molecule has 0 aliphatic heterocycles. The van der Waals surface area contributed by atoms with Gasteiger partial charge in [0, 0.05) is 13.1 Å². The van der Waals surface area contributed by atoms with Crippen molar-refractivity contribution in [2.24, 2.45) is 7.05 Å². The summed E-state index contributed by atoms with van der Waals surface area (Å²) in [5.41, 5.74) is 1.10. The van der Waals surface area contributed by atoms with Crippen LogP contribution in [0.5, 0.6) is 5.88 Å². The standard InChI is InChI=1S/C8H14N2O/c1-4-5-7-6-8(11-3)10(2)9-7/h6H,4-5H2,1-3H3. The zero-order valence-corrected chi connectivity index (χ0v) is 7.29. The van der Waals surface area contributed by atoms with Gasteiger partial charge in [0.2, 0.25) is 5.88 Å². The third-order valence-electron chi connectivity index (χ3n) is 1.60. The number of aryl methyl sites for hydroxylation is 2. The maximum atomic E-state index is 5.07. The van der Waals surface area contributed by atoms with Crippen LogP contribution in [0, 0.1) is 0 Å². The molecule has 0 fully saturated rings. The molecule has 0 aliphatic rings. The van der Waals surface area contributed by atoms with E-state index in [1.54, 1.807) is 11.8 Å². The quantitative estimate of drug-likeness (QED) is 0.657. The Morgan fingerprint density at radius 1 is 1.64 bits per heavy atom. The van der Waals surface area contributed by atoms with Crippen molar-refractivity contribution in [3.8, 4) is 5.88 Å². The van der Waals surface area contributed by atoms with Crippen LogP contribution in [-0.4, -0.2) is 16.9 Å². The summed E-state index contributed by atoms with van der Waals surface area (Å²) < 4.78 is 6.83. The van der Waals surface area contributed by atoms with Crippen LogP contribution in [0.25, 0.3) is 0 Å². The highest BCUT2D eigenvalue weighted by molar-refractivity contribution is 5.15. The minimum Gasteiger partial charge on any atom is -0.481 e. The number of ether oxygens (including phenoxy) is 1. The van der Waals surface area contributed by atoms with Gasteiger partial charge in [-0.1, -0.05) is 13.3 Å². The van der Waals surface area contributed by atoms with E-state index in [4.69, 9.17) is 4.74 Å². The van der Waals surface area contributed by atoms with Crippen LogP contribution in [0.15, 0.2) is 6.07 Å². The molecule has 1 heterocycles. The van der Waals surface area contributed by atoms with Crippen LogP contribution in [0.3, 0.4) is 0 Å². The second kappa shape index (κ2) is 3.42. The van der Waals surface area contributed by atoms with Crippen molar-refractivity contribution < 1.29 is 4.74 Å². The molecule has 1 rings (SSSR count). The summed E-state index contributed by atoms with van der Waals surface area (Å²) >= 11 is 0. The first-order valence-corrected chi connectivity index (χ1v) is 3.84. The average molecular weight is 154 g/mol. The van der Waals surface area contributed by atoms with Crippen molar-refractivity contribution in [2.45, 2.75) is 19.8 Å². The number of aromatic nitrogens is 2. The first kappa shape index (κ1) is 8.11. The summed E-state index contributed by atoms with van der Waals surface area (Å²) in [6, 6.07) is 1.98. The number of nitrogens with zero attached hydrogens (tertiary/aromatic N) is 2. The zero-order chi connectivity index (χ0) is 8.27. The van der Waals surface area contributed by atoms with Gasteiger partial charge in [-0.3, -0.25) is 0 Å². The molecule has 11 heavy (non-hydrogen) atoms. The van der Waals surface area contributed by atoms with Crippen molar-refractivity contribution in [1.82, 2.24) is 9.78 Å². The number of hydrogen-bond donors (Lipinski definition) is 0. The molecule has 3 nitrogen and oxygen atoms in total. The molecule has 0 atom stereocenters. The maximum absolute atomic E-state index is 5.07. The number of rotatable bonds is 3. The number of methoxy groups -OCH3 is 1. The molecule has 1 aromatic heterocycles. The van der Waals surface area contributed by atoms with Crippen LogP contribution in [-0.2, 0) is 13.5 Å². The van der Waals surface area contributed by atoms with Crippen molar-refractivity contribution >= 4 is 0 Å². The fraction of sp³-hybridized carbons (Fsp3) is 0.625. The Morgan fingerprint density at radius 3 is 2.82 bits per heavy atom. The van der Waals surface area contributed by atoms with Crippen LogP contribution >= 0.6 is 0 Å². The first-order valence-electron chi connectivity index (χ1n) is 3.84. The SMILES string of the molecule is CCCc1cc(OC)n(C)n1. The van der Waals surface area contributed by atoms with Gasteiger partial charge in [0.15, 0.2) is 0 Å². The van der Waals surface area contributed by atoms with E-state index in [0.29, 0.717) is 0 Å². The van der Waals surface area contributed by atoms with Gasteiger partial charge in [0.25, 0.3) is 0 Å². The van der Waals surface area contributed by atoms with Gasteiger partial charge < -0.3 is 4.74 Å². The van der Waals surface area contributed by atoms with Gasteiger partial charge in [0.05, 0.1) is 12.8 Å². The molecule has 3 heteroatoms. The molecule has 0 unspecified atom stereocenters. The minimum atomic E-state index is 0.827. The van der Waals surface area contributed by atoms with Crippen molar-refractivity contribution in [2.75, 3.05) is 7.11 Å². The predicted octanol–water partition coefficient (Wildman–Crippen LogP) is 1.38. The molecule has 0 radical (unpaired) electrons. The summed E-state index contributed by atoms with van der Waals surface area (Å²) in [5, 5.41) is 4.26. The molecule has 0 saturated carbocycles. The Kier molecular flexibility index (Phi) is 2.52. The lowest BCUT2D eigenvalue weighted by atomic mass is 10.3. The van der Waals surface area contributed by atoms with Crippen molar-refractivity contribution in [3.63, 3.8) is 0 Å². The monoisotopic (exact) mass is 154 g/mol. The lowest BCUT2D eigenvalue weighted by Gasteiger charge is -1.95. The van der Waals surface area contributed by atoms with Crippen LogP contribution < -0.4 is 4.74 Å². The van der Waals surface area contributed by atoms with Crippen LogP contribution in [0.1, 0.15) is 19.0 Å². The molecule has 0 saturated heterocycles. The second-order valence-corrected chi connectivity index (χ2v) is 2.55. The Morgan fingerprint density at radius 2 is 2.36 bits per heavy atom. The lowest BCUT2D eigenvalue weighted by Crippen LogP contribution is -1.95. The summed E-state index contributed by atoms with van der Waals surface area (Å²) in [5.74, 6) is 0.827. The van der Waals surface area contributed by atoms with E-state index in [1.807, 2.05) is 13.1 Å². The van der Waals surface area contributed by atoms with E-state index < -0.39 is 0 Å². The van der Waals surface area contributed by atoms with Crippen LogP contribution in [0.4, 0.5) is 0 Å². The topological polar surface area (TPSA) is 27.1 Å². The fourth-order valence-electron chi connectivity index (χ4n) is 1.08. The first-order chi connectivity index (χ1) is 5.27. The van der Waals surface area contributed by atoms with Gasteiger partial charge in [-0.2, -0.15) is 5.10 Å². The molecule has 0 aromatic carbocycles.